The van der Waals surface area contributed by atoms with Gasteiger partial charge in [-0.1, -0.05) is 11.8 Å². The van der Waals surface area contributed by atoms with Crippen LogP contribution in [0.25, 0.3) is 0 Å². The molecule has 1 aliphatic rings. The lowest BCUT2D eigenvalue weighted by molar-refractivity contribution is -0.117. The fourth-order valence-corrected chi connectivity index (χ4v) is 1.87. The van der Waals surface area contributed by atoms with E-state index in [9.17, 15) is 4.79 Å². The molecule has 0 aromatic carbocycles. The van der Waals surface area contributed by atoms with E-state index in [4.69, 9.17) is 5.11 Å². The largest absolute Gasteiger partial charge is 0.396 e. The monoisotopic (exact) mass is 228 g/mol. The van der Waals surface area contributed by atoms with Gasteiger partial charge < -0.3 is 5.11 Å². The third-order valence-corrected chi connectivity index (χ3v) is 2.90. The minimum absolute atomic E-state index is 0.0142. The van der Waals surface area contributed by atoms with E-state index in [-0.39, 0.29) is 18.4 Å². The minimum Gasteiger partial charge on any atom is -0.396 e. The summed E-state index contributed by atoms with van der Waals surface area (Å²) in [5, 5.41) is 16.2. The van der Waals surface area contributed by atoms with E-state index in [1.807, 2.05) is 6.26 Å². The van der Waals surface area contributed by atoms with Crippen LogP contribution in [0.3, 0.4) is 0 Å². The van der Waals surface area contributed by atoms with Gasteiger partial charge in [-0.05, 0) is 6.26 Å². The zero-order chi connectivity index (χ0) is 10.8. The zero-order valence-corrected chi connectivity index (χ0v) is 9.12. The summed E-state index contributed by atoms with van der Waals surface area (Å²) in [5.41, 5.74) is 0. The number of aliphatic hydroxyl groups is 1. The van der Waals surface area contributed by atoms with Crippen molar-refractivity contribution in [3.8, 4) is 0 Å². The van der Waals surface area contributed by atoms with Crippen molar-refractivity contribution in [1.29, 1.82) is 0 Å². The molecular weight excluding hydrogens is 216 g/mol. The average molecular weight is 228 g/mol. The molecule has 1 unspecified atom stereocenters. The van der Waals surface area contributed by atoms with Crippen LogP contribution in [0.5, 0.6) is 0 Å². The van der Waals surface area contributed by atoms with Crippen molar-refractivity contribution in [3.05, 3.63) is 0 Å². The second kappa shape index (κ2) is 4.19. The van der Waals surface area contributed by atoms with Crippen LogP contribution in [-0.2, 0) is 4.79 Å². The maximum Gasteiger partial charge on any atom is 0.229 e. The van der Waals surface area contributed by atoms with Crippen molar-refractivity contribution in [1.82, 2.24) is 15.2 Å². The van der Waals surface area contributed by atoms with Gasteiger partial charge >= 0.3 is 0 Å². The van der Waals surface area contributed by atoms with Crippen LogP contribution in [0.1, 0.15) is 6.42 Å². The van der Waals surface area contributed by atoms with Crippen LogP contribution in [0, 0.1) is 5.92 Å². The summed E-state index contributed by atoms with van der Waals surface area (Å²) in [7, 11) is 0. The summed E-state index contributed by atoms with van der Waals surface area (Å²) in [6.07, 6.45) is 2.25. The Bertz CT molecular complexity index is 367. The van der Waals surface area contributed by atoms with E-state index in [0.717, 1.165) is 0 Å². The molecule has 0 saturated carbocycles. The van der Waals surface area contributed by atoms with E-state index in [2.05, 4.69) is 15.2 Å². The van der Waals surface area contributed by atoms with E-state index in [1.165, 1.54) is 16.7 Å². The van der Waals surface area contributed by atoms with Crippen LogP contribution in [0.4, 0.5) is 5.95 Å². The fourth-order valence-electron chi connectivity index (χ4n) is 1.56. The van der Waals surface area contributed by atoms with E-state index < -0.39 is 0 Å². The molecule has 1 amide bonds. The first-order valence-electron chi connectivity index (χ1n) is 4.62. The van der Waals surface area contributed by atoms with Gasteiger partial charge in [0.25, 0.3) is 0 Å². The highest BCUT2D eigenvalue weighted by Gasteiger charge is 2.31. The number of H-pyrrole nitrogens is 1. The second-order valence-electron chi connectivity index (χ2n) is 3.40. The van der Waals surface area contributed by atoms with Crippen LogP contribution in [0.15, 0.2) is 5.16 Å². The third-order valence-electron chi connectivity index (χ3n) is 2.35. The number of carbonyl (C=O) groups is 1. The molecule has 7 heteroatoms. The summed E-state index contributed by atoms with van der Waals surface area (Å²) < 4.78 is 0. The number of thioether (sulfide) groups is 1. The van der Waals surface area contributed by atoms with Crippen LogP contribution in [0.2, 0.25) is 0 Å². The van der Waals surface area contributed by atoms with Gasteiger partial charge in [-0.15, -0.1) is 5.10 Å². The first-order valence-corrected chi connectivity index (χ1v) is 5.84. The molecule has 1 atom stereocenters. The SMILES string of the molecule is CSc1n[nH]c(N2CC(CO)CC2=O)n1. The lowest BCUT2D eigenvalue weighted by atomic mass is 10.1. The van der Waals surface area contributed by atoms with Crippen LogP contribution in [-0.4, -0.2) is 45.6 Å². The maximum absolute atomic E-state index is 11.6. The highest BCUT2D eigenvalue weighted by Crippen LogP contribution is 2.22. The second-order valence-corrected chi connectivity index (χ2v) is 4.18. The summed E-state index contributed by atoms with van der Waals surface area (Å²) >= 11 is 1.42. The molecule has 2 rings (SSSR count). The van der Waals surface area contributed by atoms with Gasteiger partial charge in [0.15, 0.2) is 0 Å². The van der Waals surface area contributed by atoms with Crippen molar-refractivity contribution in [2.45, 2.75) is 11.6 Å². The lowest BCUT2D eigenvalue weighted by Gasteiger charge is -2.11. The van der Waals surface area contributed by atoms with Crippen molar-refractivity contribution in [2.75, 3.05) is 24.3 Å². The molecular formula is C8H12N4O2S. The van der Waals surface area contributed by atoms with Crippen molar-refractivity contribution in [2.24, 2.45) is 5.92 Å². The standard InChI is InChI=1S/C8H12N4O2S/c1-15-8-9-7(10-11-8)12-3-5(4-13)2-6(12)14/h5,13H,2-4H2,1H3,(H,9,10,11). The smallest absolute Gasteiger partial charge is 0.229 e. The average Bonchev–Trinajstić information content (AvgIpc) is 2.83. The number of anilines is 1. The highest BCUT2D eigenvalue weighted by atomic mass is 32.2. The number of aliphatic hydroxyl groups excluding tert-OH is 1. The number of hydrogen-bond acceptors (Lipinski definition) is 5. The third kappa shape index (κ3) is 1.98. The molecule has 82 valence electrons. The number of nitrogens with zero attached hydrogens (tertiary/aromatic N) is 3. The first kappa shape index (κ1) is 10.4. The van der Waals surface area contributed by atoms with Crippen molar-refractivity contribution < 1.29 is 9.90 Å². The van der Waals surface area contributed by atoms with Crippen LogP contribution < -0.4 is 4.90 Å². The Morgan fingerprint density at radius 3 is 3.07 bits per heavy atom. The molecule has 0 aliphatic carbocycles. The van der Waals surface area contributed by atoms with Gasteiger partial charge in [-0.3, -0.25) is 9.69 Å². The number of hydrogen-bond donors (Lipinski definition) is 2. The Morgan fingerprint density at radius 1 is 1.73 bits per heavy atom. The first-order chi connectivity index (χ1) is 7.24. The molecule has 1 fully saturated rings. The van der Waals surface area contributed by atoms with Gasteiger partial charge in [-0.25, -0.2) is 5.10 Å². The van der Waals surface area contributed by atoms with Crippen LogP contribution >= 0.6 is 11.8 Å². The predicted molar refractivity (Wildman–Crippen MR) is 55.7 cm³/mol. The molecule has 0 bridgehead atoms. The number of aromatic nitrogens is 3. The normalized spacial score (nSPS) is 21.3. The highest BCUT2D eigenvalue weighted by molar-refractivity contribution is 7.98. The Hall–Kier alpha value is -1.08. The van der Waals surface area contributed by atoms with E-state index in [1.54, 1.807) is 0 Å². The summed E-state index contributed by atoms with van der Waals surface area (Å²) in [5.74, 6) is 0.471. The Labute approximate surface area is 91.1 Å². The number of nitrogens with one attached hydrogen (secondary N) is 1. The van der Waals surface area contributed by atoms with Gasteiger partial charge in [0.2, 0.25) is 17.0 Å². The molecule has 1 aromatic heterocycles. The number of amides is 1. The zero-order valence-electron chi connectivity index (χ0n) is 8.30. The quantitative estimate of drug-likeness (QED) is 0.704. The maximum atomic E-state index is 11.6. The number of carbonyl (C=O) groups excluding carboxylic acids is 1. The molecule has 1 saturated heterocycles. The molecule has 1 aliphatic heterocycles. The van der Waals surface area contributed by atoms with Crippen molar-refractivity contribution >= 4 is 23.6 Å². The van der Waals surface area contributed by atoms with Gasteiger partial charge in [0, 0.05) is 25.5 Å². The minimum atomic E-state index is -0.0159. The molecule has 1 aromatic rings. The molecule has 6 nitrogen and oxygen atoms in total. The van der Waals surface area contributed by atoms with Crippen molar-refractivity contribution in [3.63, 3.8) is 0 Å². The van der Waals surface area contributed by atoms with Gasteiger partial charge in [-0.2, -0.15) is 4.98 Å². The summed E-state index contributed by atoms with van der Waals surface area (Å²) in [6.45, 7) is 0.546. The molecule has 2 N–H and O–H groups in total. The van der Waals surface area contributed by atoms with Gasteiger partial charge in [0.1, 0.15) is 0 Å². The summed E-state index contributed by atoms with van der Waals surface area (Å²) in [4.78, 5) is 17.2. The summed E-state index contributed by atoms with van der Waals surface area (Å²) in [6, 6.07) is 0. The fraction of sp³-hybridized carbons (Fsp3) is 0.625. The van der Waals surface area contributed by atoms with E-state index >= 15 is 0 Å². The molecule has 0 radical (unpaired) electrons. The number of rotatable bonds is 3. The molecule has 0 spiro atoms. The number of aromatic amines is 1. The lowest BCUT2D eigenvalue weighted by Crippen LogP contribution is -2.26. The Morgan fingerprint density at radius 2 is 2.53 bits per heavy atom. The topological polar surface area (TPSA) is 82.1 Å². The van der Waals surface area contributed by atoms with E-state index in [0.29, 0.717) is 24.1 Å². The molecule has 2 heterocycles. The predicted octanol–water partition coefficient (Wildman–Crippen LogP) is -0.128. The Balaban J connectivity index is 2.14. The van der Waals surface area contributed by atoms with Gasteiger partial charge in [0.05, 0.1) is 0 Å². The molecule has 15 heavy (non-hydrogen) atoms. The Kier molecular flexibility index (Phi) is 2.92.